The van der Waals surface area contributed by atoms with Crippen LogP contribution in [0.1, 0.15) is 77.0 Å². The molecule has 3 rings (SSSR count). The Morgan fingerprint density at radius 2 is 1.80 bits per heavy atom. The molecule has 0 radical (unpaired) electrons. The summed E-state index contributed by atoms with van der Waals surface area (Å²) in [5.74, 6) is 2.11. The minimum absolute atomic E-state index is 0.278. The first kappa shape index (κ1) is 27.0. The van der Waals surface area contributed by atoms with Crippen molar-refractivity contribution in [3.05, 3.63) is 11.3 Å². The van der Waals surface area contributed by atoms with Gasteiger partial charge in [-0.05, 0) is 76.5 Å². The molecule has 2 amide bonds. The van der Waals surface area contributed by atoms with Crippen LogP contribution in [0.5, 0.6) is 0 Å². The summed E-state index contributed by atoms with van der Waals surface area (Å²) in [6.45, 7) is 6.73. The van der Waals surface area contributed by atoms with E-state index in [4.69, 9.17) is 14.7 Å². The van der Waals surface area contributed by atoms with Gasteiger partial charge in [-0.25, -0.2) is 14.6 Å². The fraction of sp³-hybridized carbons (Fsp3) is 0.769. The number of nitrogens with one attached hydrogen (secondary N) is 3. The number of carbonyl (C=O) groups is 2. The largest absolute Gasteiger partial charge is 0.464 e. The summed E-state index contributed by atoms with van der Waals surface area (Å²) >= 11 is 0. The van der Waals surface area contributed by atoms with Gasteiger partial charge in [-0.2, -0.15) is 4.98 Å². The average Bonchev–Trinajstić information content (AvgIpc) is 2.82. The van der Waals surface area contributed by atoms with Crippen LogP contribution in [0.25, 0.3) is 0 Å². The summed E-state index contributed by atoms with van der Waals surface area (Å²) < 4.78 is 5.11. The van der Waals surface area contributed by atoms with Gasteiger partial charge < -0.3 is 25.6 Å². The molecule has 1 fully saturated rings. The van der Waals surface area contributed by atoms with E-state index in [0.29, 0.717) is 31.5 Å². The van der Waals surface area contributed by atoms with E-state index in [2.05, 4.69) is 20.9 Å². The van der Waals surface area contributed by atoms with Gasteiger partial charge in [0.1, 0.15) is 11.9 Å². The van der Waals surface area contributed by atoms with Crippen LogP contribution in [0.2, 0.25) is 0 Å². The van der Waals surface area contributed by atoms with Gasteiger partial charge in [0, 0.05) is 32.2 Å². The van der Waals surface area contributed by atoms with Gasteiger partial charge in [0.15, 0.2) is 0 Å². The summed E-state index contributed by atoms with van der Waals surface area (Å²) in [4.78, 5) is 36.4. The molecule has 0 bridgehead atoms. The number of hydrogen-bond acceptors (Lipinski definition) is 7. The van der Waals surface area contributed by atoms with E-state index < -0.39 is 6.04 Å². The minimum Gasteiger partial charge on any atom is -0.464 e. The molecule has 1 aromatic heterocycles. The fourth-order valence-corrected chi connectivity index (χ4v) is 5.08. The first-order chi connectivity index (χ1) is 16.8. The SMILES string of the molecule is CCOC(=O)C(CC(C)C)NC(=O)NCC1CCC(Nc2nc3c(c(N(C)C)n2)CCCC3)CC1. The first-order valence-electron chi connectivity index (χ1n) is 13.3. The maximum atomic E-state index is 12.4. The predicted molar refractivity (Wildman–Crippen MR) is 139 cm³/mol. The number of carbonyl (C=O) groups excluding carboxylic acids is 2. The number of rotatable bonds is 10. The molecule has 3 N–H and O–H groups in total. The highest BCUT2D eigenvalue weighted by molar-refractivity contribution is 5.83. The third kappa shape index (κ3) is 7.97. The first-order valence-corrected chi connectivity index (χ1v) is 13.3. The van der Waals surface area contributed by atoms with Gasteiger partial charge in [0.05, 0.1) is 12.3 Å². The Labute approximate surface area is 210 Å². The van der Waals surface area contributed by atoms with Crippen LogP contribution >= 0.6 is 0 Å². The monoisotopic (exact) mass is 488 g/mol. The summed E-state index contributed by atoms with van der Waals surface area (Å²) in [5, 5.41) is 9.34. The molecular weight excluding hydrogens is 444 g/mol. The molecule has 196 valence electrons. The fourth-order valence-electron chi connectivity index (χ4n) is 5.08. The molecule has 9 heteroatoms. The van der Waals surface area contributed by atoms with E-state index in [1.807, 2.05) is 27.9 Å². The molecule has 1 heterocycles. The van der Waals surface area contributed by atoms with Gasteiger partial charge in [0.25, 0.3) is 0 Å². The summed E-state index contributed by atoms with van der Waals surface area (Å²) in [7, 11) is 4.10. The van der Waals surface area contributed by atoms with Crippen molar-refractivity contribution in [2.75, 3.05) is 37.5 Å². The highest BCUT2D eigenvalue weighted by Crippen LogP contribution is 2.30. The molecule has 1 saturated carbocycles. The van der Waals surface area contributed by atoms with Crippen molar-refractivity contribution in [1.29, 1.82) is 0 Å². The van der Waals surface area contributed by atoms with Gasteiger partial charge in [-0.1, -0.05) is 13.8 Å². The number of fused-ring (bicyclic) bond motifs is 1. The normalized spacial score (nSPS) is 20.5. The maximum Gasteiger partial charge on any atom is 0.328 e. The number of amides is 2. The summed E-state index contributed by atoms with van der Waals surface area (Å²) in [5.41, 5.74) is 2.50. The second-order valence-electron chi connectivity index (χ2n) is 10.5. The smallest absolute Gasteiger partial charge is 0.328 e. The van der Waals surface area contributed by atoms with Crippen molar-refractivity contribution in [2.24, 2.45) is 11.8 Å². The lowest BCUT2D eigenvalue weighted by molar-refractivity contribution is -0.145. The Kier molecular flexibility index (Phi) is 9.98. The molecule has 2 aliphatic rings. The topological polar surface area (TPSA) is 108 Å². The predicted octanol–water partition coefficient (Wildman–Crippen LogP) is 3.67. The van der Waals surface area contributed by atoms with E-state index in [0.717, 1.165) is 50.3 Å². The van der Waals surface area contributed by atoms with Crippen molar-refractivity contribution in [1.82, 2.24) is 20.6 Å². The Morgan fingerprint density at radius 1 is 1.09 bits per heavy atom. The van der Waals surface area contributed by atoms with E-state index in [1.165, 1.54) is 24.1 Å². The zero-order valence-corrected chi connectivity index (χ0v) is 22.2. The molecular formula is C26H44N6O3. The van der Waals surface area contributed by atoms with Crippen LogP contribution in [-0.2, 0) is 22.4 Å². The Morgan fingerprint density at radius 3 is 2.46 bits per heavy atom. The lowest BCUT2D eigenvalue weighted by Gasteiger charge is -2.30. The van der Waals surface area contributed by atoms with E-state index in [9.17, 15) is 9.59 Å². The van der Waals surface area contributed by atoms with Crippen LogP contribution in [0, 0.1) is 11.8 Å². The molecule has 1 unspecified atom stereocenters. The van der Waals surface area contributed by atoms with Crippen LogP contribution in [0.3, 0.4) is 0 Å². The maximum absolute atomic E-state index is 12.4. The summed E-state index contributed by atoms with van der Waals surface area (Å²) in [6, 6.07) is -0.572. The molecule has 2 aliphatic carbocycles. The van der Waals surface area contributed by atoms with Gasteiger partial charge in [-0.15, -0.1) is 0 Å². The van der Waals surface area contributed by atoms with E-state index >= 15 is 0 Å². The standard InChI is InChI=1S/C26H44N6O3/c1-6-35-24(33)22(15-17(2)3)30-26(34)27-16-18-11-13-19(14-12-18)28-25-29-21-10-8-7-9-20(21)23(31-25)32(4)5/h17-19,22H,6-16H2,1-5H3,(H2,27,30,34)(H,28,29,31). The van der Waals surface area contributed by atoms with Gasteiger partial charge in [0.2, 0.25) is 5.95 Å². The molecule has 0 saturated heterocycles. The molecule has 35 heavy (non-hydrogen) atoms. The number of aromatic nitrogens is 2. The average molecular weight is 489 g/mol. The second-order valence-corrected chi connectivity index (χ2v) is 10.5. The highest BCUT2D eigenvalue weighted by atomic mass is 16.5. The van der Waals surface area contributed by atoms with E-state index in [1.54, 1.807) is 6.92 Å². The van der Waals surface area contributed by atoms with Crippen molar-refractivity contribution >= 4 is 23.8 Å². The molecule has 0 aliphatic heterocycles. The molecule has 0 spiro atoms. The second kappa shape index (κ2) is 12.9. The number of urea groups is 1. The molecule has 1 atom stereocenters. The zero-order chi connectivity index (χ0) is 25.4. The van der Waals surface area contributed by atoms with Crippen LogP contribution in [-0.4, -0.2) is 61.3 Å². The number of hydrogen-bond donors (Lipinski definition) is 3. The van der Waals surface area contributed by atoms with Gasteiger partial charge in [-0.3, -0.25) is 0 Å². The lowest BCUT2D eigenvalue weighted by atomic mass is 9.86. The van der Waals surface area contributed by atoms with Crippen molar-refractivity contribution < 1.29 is 14.3 Å². The van der Waals surface area contributed by atoms with Gasteiger partial charge >= 0.3 is 12.0 Å². The number of nitrogens with zero attached hydrogens (tertiary/aromatic N) is 3. The van der Waals surface area contributed by atoms with Crippen molar-refractivity contribution in [3.63, 3.8) is 0 Å². The third-order valence-electron chi connectivity index (χ3n) is 6.90. The Hall–Kier alpha value is -2.58. The number of aryl methyl sites for hydroxylation is 1. The summed E-state index contributed by atoms with van der Waals surface area (Å²) in [6.07, 6.45) is 9.14. The van der Waals surface area contributed by atoms with Crippen LogP contribution < -0.4 is 20.9 Å². The van der Waals surface area contributed by atoms with Crippen LogP contribution in [0.4, 0.5) is 16.6 Å². The van der Waals surface area contributed by atoms with Crippen molar-refractivity contribution in [2.45, 2.75) is 90.6 Å². The number of esters is 1. The number of anilines is 2. The third-order valence-corrected chi connectivity index (χ3v) is 6.90. The Bertz CT molecular complexity index is 852. The molecule has 1 aromatic rings. The number of ether oxygens (including phenoxy) is 1. The quantitative estimate of drug-likeness (QED) is 0.431. The Balaban J connectivity index is 1.46. The minimum atomic E-state index is -0.612. The van der Waals surface area contributed by atoms with Crippen molar-refractivity contribution in [3.8, 4) is 0 Å². The van der Waals surface area contributed by atoms with Crippen LogP contribution in [0.15, 0.2) is 0 Å². The molecule has 9 nitrogen and oxygen atoms in total. The zero-order valence-electron chi connectivity index (χ0n) is 22.2. The highest BCUT2D eigenvalue weighted by Gasteiger charge is 2.26. The lowest BCUT2D eigenvalue weighted by Crippen LogP contribution is -2.48. The molecule has 0 aromatic carbocycles. The van der Waals surface area contributed by atoms with E-state index in [-0.39, 0.29) is 17.9 Å².